The molecule has 1 unspecified atom stereocenters. The molecular weight excluding hydrogens is 192 g/mol. The molecule has 86 valence electrons. The zero-order valence-electron chi connectivity index (χ0n) is 9.42. The minimum absolute atomic E-state index is 0.0468. The van der Waals surface area contributed by atoms with Crippen molar-refractivity contribution in [3.63, 3.8) is 0 Å². The summed E-state index contributed by atoms with van der Waals surface area (Å²) in [7, 11) is 0. The van der Waals surface area contributed by atoms with Gasteiger partial charge in [-0.1, -0.05) is 12.8 Å². The highest BCUT2D eigenvalue weighted by molar-refractivity contribution is 5.79. The molecule has 0 aromatic carbocycles. The van der Waals surface area contributed by atoms with Gasteiger partial charge >= 0.3 is 5.97 Å². The van der Waals surface area contributed by atoms with Crippen LogP contribution in [0, 0.1) is 5.41 Å². The van der Waals surface area contributed by atoms with E-state index in [1.165, 1.54) is 12.8 Å². The summed E-state index contributed by atoms with van der Waals surface area (Å²) in [5, 5.41) is 9.50. The molecular formula is C12H20O3. The Labute approximate surface area is 90.8 Å². The lowest BCUT2D eigenvalue weighted by Gasteiger charge is -2.40. The van der Waals surface area contributed by atoms with Crippen LogP contribution < -0.4 is 0 Å². The van der Waals surface area contributed by atoms with Crippen molar-refractivity contribution in [1.82, 2.24) is 0 Å². The Bertz CT molecular complexity index is 250. The Hall–Kier alpha value is -0.570. The van der Waals surface area contributed by atoms with E-state index in [-0.39, 0.29) is 5.41 Å². The number of carboxylic acids is 1. The van der Waals surface area contributed by atoms with Crippen molar-refractivity contribution in [2.75, 3.05) is 6.61 Å². The minimum Gasteiger partial charge on any atom is -0.479 e. The number of aliphatic carboxylic acids is 1. The molecule has 0 radical (unpaired) electrons. The summed E-state index contributed by atoms with van der Waals surface area (Å²) in [5.74, 6) is -0.733. The van der Waals surface area contributed by atoms with E-state index in [4.69, 9.17) is 4.74 Å². The van der Waals surface area contributed by atoms with Crippen LogP contribution in [0.1, 0.15) is 51.9 Å². The van der Waals surface area contributed by atoms with Crippen molar-refractivity contribution < 1.29 is 14.6 Å². The van der Waals surface area contributed by atoms with Gasteiger partial charge < -0.3 is 9.84 Å². The van der Waals surface area contributed by atoms with Crippen LogP contribution in [0.3, 0.4) is 0 Å². The van der Waals surface area contributed by atoms with Crippen LogP contribution in [0.2, 0.25) is 0 Å². The molecule has 0 aliphatic heterocycles. The monoisotopic (exact) mass is 212 g/mol. The number of rotatable bonds is 3. The third kappa shape index (κ3) is 1.40. The fourth-order valence-electron chi connectivity index (χ4n) is 3.72. The van der Waals surface area contributed by atoms with E-state index in [0.717, 1.165) is 25.7 Å². The van der Waals surface area contributed by atoms with Crippen LogP contribution in [0.5, 0.6) is 0 Å². The van der Waals surface area contributed by atoms with Crippen molar-refractivity contribution >= 4 is 5.97 Å². The maximum atomic E-state index is 11.5. The molecule has 1 atom stereocenters. The Morgan fingerprint density at radius 2 is 1.80 bits per heavy atom. The zero-order valence-corrected chi connectivity index (χ0v) is 9.42. The minimum atomic E-state index is -0.863. The van der Waals surface area contributed by atoms with Gasteiger partial charge in [0.05, 0.1) is 0 Å². The summed E-state index contributed by atoms with van der Waals surface area (Å²) in [6, 6.07) is 0. The molecule has 0 heterocycles. The van der Waals surface area contributed by atoms with Crippen LogP contribution in [0.25, 0.3) is 0 Å². The van der Waals surface area contributed by atoms with Gasteiger partial charge in [0.2, 0.25) is 0 Å². The lowest BCUT2D eigenvalue weighted by atomic mass is 9.72. The molecule has 15 heavy (non-hydrogen) atoms. The summed E-state index contributed by atoms with van der Waals surface area (Å²) in [6.45, 7) is 2.40. The fourth-order valence-corrected chi connectivity index (χ4v) is 3.72. The van der Waals surface area contributed by atoms with Crippen LogP contribution in [0.4, 0.5) is 0 Å². The third-order valence-electron chi connectivity index (χ3n) is 4.34. The molecule has 3 nitrogen and oxygen atoms in total. The Morgan fingerprint density at radius 3 is 2.33 bits per heavy atom. The second-order valence-electron chi connectivity index (χ2n) is 4.91. The first kappa shape index (κ1) is 10.9. The molecule has 0 saturated heterocycles. The van der Waals surface area contributed by atoms with Crippen LogP contribution in [-0.4, -0.2) is 23.3 Å². The van der Waals surface area contributed by atoms with Gasteiger partial charge in [0.15, 0.2) is 5.60 Å². The van der Waals surface area contributed by atoms with Crippen molar-refractivity contribution in [2.24, 2.45) is 5.41 Å². The lowest BCUT2D eigenvalue weighted by Crippen LogP contribution is -2.51. The Balaban J connectivity index is 2.32. The highest BCUT2D eigenvalue weighted by Gasteiger charge is 2.61. The Kier molecular flexibility index (Phi) is 2.75. The molecule has 2 aliphatic rings. The van der Waals surface area contributed by atoms with Gasteiger partial charge in [-0.05, 0) is 39.0 Å². The predicted octanol–water partition coefficient (Wildman–Crippen LogP) is 2.59. The largest absolute Gasteiger partial charge is 0.479 e. The number of ether oxygens (including phenoxy) is 1. The molecule has 2 rings (SSSR count). The smallest absolute Gasteiger partial charge is 0.336 e. The van der Waals surface area contributed by atoms with Gasteiger partial charge in [0.25, 0.3) is 0 Å². The molecule has 2 aliphatic carbocycles. The van der Waals surface area contributed by atoms with E-state index >= 15 is 0 Å². The molecule has 1 spiro atoms. The van der Waals surface area contributed by atoms with Gasteiger partial charge in [0.1, 0.15) is 0 Å². The van der Waals surface area contributed by atoms with Crippen LogP contribution in [0.15, 0.2) is 0 Å². The van der Waals surface area contributed by atoms with E-state index in [9.17, 15) is 9.90 Å². The summed E-state index contributed by atoms with van der Waals surface area (Å²) in [4.78, 5) is 11.5. The number of hydrogen-bond acceptors (Lipinski definition) is 2. The second kappa shape index (κ2) is 3.78. The first-order valence-electron chi connectivity index (χ1n) is 6.04. The number of carbonyl (C=O) groups is 1. The number of carboxylic acid groups (broad SMARTS) is 1. The van der Waals surface area contributed by atoms with Crippen molar-refractivity contribution in [2.45, 2.75) is 57.5 Å². The van der Waals surface area contributed by atoms with Gasteiger partial charge in [-0.25, -0.2) is 4.79 Å². The quantitative estimate of drug-likeness (QED) is 0.782. The molecule has 2 saturated carbocycles. The van der Waals surface area contributed by atoms with Gasteiger partial charge in [-0.3, -0.25) is 0 Å². The van der Waals surface area contributed by atoms with E-state index in [2.05, 4.69) is 0 Å². The van der Waals surface area contributed by atoms with Crippen LogP contribution in [-0.2, 0) is 9.53 Å². The standard InChI is InChI=1S/C12H20O3/c1-2-15-12(10(13)14)9-5-8-11(12)6-3-4-7-11/h2-9H2,1H3,(H,13,14). The molecule has 0 bridgehead atoms. The van der Waals surface area contributed by atoms with E-state index < -0.39 is 11.6 Å². The molecule has 1 N–H and O–H groups in total. The zero-order chi connectivity index (χ0) is 10.9. The fraction of sp³-hybridized carbons (Fsp3) is 0.917. The average Bonchev–Trinajstić information content (AvgIpc) is 2.78. The average molecular weight is 212 g/mol. The van der Waals surface area contributed by atoms with Crippen molar-refractivity contribution in [3.05, 3.63) is 0 Å². The maximum Gasteiger partial charge on any atom is 0.336 e. The topological polar surface area (TPSA) is 46.5 Å². The lowest BCUT2D eigenvalue weighted by molar-refractivity contribution is -0.182. The van der Waals surface area contributed by atoms with Gasteiger partial charge in [-0.15, -0.1) is 0 Å². The molecule has 0 aromatic heterocycles. The Morgan fingerprint density at radius 1 is 1.20 bits per heavy atom. The SMILES string of the molecule is CCOC1(C(=O)O)CCCC12CCCC2. The van der Waals surface area contributed by atoms with E-state index in [1.807, 2.05) is 6.92 Å². The molecule has 2 fully saturated rings. The maximum absolute atomic E-state index is 11.5. The van der Waals surface area contributed by atoms with Crippen molar-refractivity contribution in [3.8, 4) is 0 Å². The second-order valence-corrected chi connectivity index (χ2v) is 4.91. The highest BCUT2D eigenvalue weighted by atomic mass is 16.5. The number of hydrogen-bond donors (Lipinski definition) is 1. The summed E-state index contributed by atoms with van der Waals surface area (Å²) in [6.07, 6.45) is 7.17. The van der Waals surface area contributed by atoms with Gasteiger partial charge in [-0.2, -0.15) is 0 Å². The van der Waals surface area contributed by atoms with E-state index in [1.54, 1.807) is 0 Å². The van der Waals surface area contributed by atoms with Crippen LogP contribution >= 0.6 is 0 Å². The summed E-state index contributed by atoms with van der Waals surface area (Å²) < 4.78 is 5.69. The van der Waals surface area contributed by atoms with Gasteiger partial charge in [0, 0.05) is 12.0 Å². The summed E-state index contributed by atoms with van der Waals surface area (Å²) >= 11 is 0. The third-order valence-corrected chi connectivity index (χ3v) is 4.34. The molecule has 0 aromatic rings. The highest BCUT2D eigenvalue weighted by Crippen LogP contribution is 2.58. The molecule has 0 amide bonds. The van der Waals surface area contributed by atoms with E-state index in [0.29, 0.717) is 13.0 Å². The first-order valence-corrected chi connectivity index (χ1v) is 6.04. The molecule has 3 heteroatoms. The first-order chi connectivity index (χ1) is 7.17. The normalized spacial score (nSPS) is 33.7. The summed E-state index contributed by atoms with van der Waals surface area (Å²) in [5.41, 5.74) is -0.910. The van der Waals surface area contributed by atoms with Crippen molar-refractivity contribution in [1.29, 1.82) is 0 Å². The predicted molar refractivity (Wildman–Crippen MR) is 56.7 cm³/mol.